The van der Waals surface area contributed by atoms with Gasteiger partial charge in [-0.2, -0.15) is 11.8 Å². The third-order valence-electron chi connectivity index (χ3n) is 5.51. The van der Waals surface area contributed by atoms with Crippen molar-refractivity contribution in [2.75, 3.05) is 30.0 Å². The molecule has 1 saturated carbocycles. The van der Waals surface area contributed by atoms with E-state index in [1.165, 1.54) is 5.56 Å². The molecule has 1 aromatic carbocycles. The highest BCUT2D eigenvalue weighted by molar-refractivity contribution is 7.98. The molecule has 1 aromatic heterocycles. The minimum atomic E-state index is -0.144. The Hall–Kier alpha value is -2.32. The molecule has 0 unspecified atom stereocenters. The number of ether oxygens (including phenoxy) is 1. The molecular formula is C21H25N5O2S. The molecule has 7 nitrogen and oxygen atoms in total. The lowest BCUT2D eigenvalue weighted by atomic mass is 10.1. The van der Waals surface area contributed by atoms with E-state index in [1.54, 1.807) is 0 Å². The number of thioether (sulfide) groups is 1. The minimum Gasteiger partial charge on any atom is -0.377 e. The maximum atomic E-state index is 11.9. The predicted molar refractivity (Wildman–Crippen MR) is 115 cm³/mol. The first-order valence-corrected chi connectivity index (χ1v) is 11.3. The number of fused-ring (bicyclic) bond motifs is 1. The minimum absolute atomic E-state index is 0.144. The molecule has 2 aliphatic heterocycles. The summed E-state index contributed by atoms with van der Waals surface area (Å²) in [5, 5.41) is 5.82. The summed E-state index contributed by atoms with van der Waals surface area (Å²) >= 11 is 1.89. The maximum absolute atomic E-state index is 11.9. The Morgan fingerprint density at radius 3 is 2.79 bits per heavy atom. The van der Waals surface area contributed by atoms with Gasteiger partial charge in [-0.25, -0.2) is 14.8 Å². The van der Waals surface area contributed by atoms with Gasteiger partial charge in [0, 0.05) is 40.9 Å². The summed E-state index contributed by atoms with van der Waals surface area (Å²) in [7, 11) is 0. The zero-order valence-electron chi connectivity index (χ0n) is 16.5. The lowest BCUT2D eigenvalue weighted by molar-refractivity contribution is 0.0984. The summed E-state index contributed by atoms with van der Waals surface area (Å²) in [6, 6.07) is 8.26. The highest BCUT2D eigenvalue weighted by Crippen LogP contribution is 2.37. The molecule has 1 saturated heterocycles. The van der Waals surface area contributed by atoms with Gasteiger partial charge in [-0.05, 0) is 44.0 Å². The van der Waals surface area contributed by atoms with E-state index in [9.17, 15) is 4.79 Å². The van der Waals surface area contributed by atoms with Gasteiger partial charge in [0.2, 0.25) is 0 Å². The van der Waals surface area contributed by atoms with Crippen molar-refractivity contribution in [3.8, 4) is 11.4 Å². The molecule has 1 atom stereocenters. The standard InChI is InChI=1S/C21H25N5O2S/c1-13-10-28-9-8-26(13)20-17-11-29-12-18(17)24-19(25-20)14-2-4-15(5-3-14)22-21(27)23-16-6-7-16/h2-5,13,16H,6-12H2,1H3,(H2,22,23,27)/t13-/m0/s1. The van der Waals surface area contributed by atoms with Crippen molar-refractivity contribution in [3.63, 3.8) is 0 Å². The SMILES string of the molecule is C[C@H]1COCCN1c1nc(-c2ccc(NC(=O)NC3CC3)cc2)nc2c1CSC2. The normalized spacial score (nSPS) is 21.0. The number of hydrogen-bond donors (Lipinski definition) is 2. The lowest BCUT2D eigenvalue weighted by Gasteiger charge is -2.35. The zero-order chi connectivity index (χ0) is 19.8. The Labute approximate surface area is 174 Å². The van der Waals surface area contributed by atoms with Crippen molar-refractivity contribution in [1.29, 1.82) is 0 Å². The van der Waals surface area contributed by atoms with Crippen LogP contribution in [0.15, 0.2) is 24.3 Å². The fourth-order valence-electron chi connectivity index (χ4n) is 3.73. The van der Waals surface area contributed by atoms with Crippen molar-refractivity contribution >= 4 is 29.3 Å². The van der Waals surface area contributed by atoms with Gasteiger partial charge in [0.1, 0.15) is 5.82 Å². The predicted octanol–water partition coefficient (Wildman–Crippen LogP) is 3.40. The van der Waals surface area contributed by atoms with Gasteiger partial charge in [-0.3, -0.25) is 0 Å². The van der Waals surface area contributed by atoms with Crippen molar-refractivity contribution in [2.24, 2.45) is 0 Å². The van der Waals surface area contributed by atoms with Crippen molar-refractivity contribution < 1.29 is 9.53 Å². The van der Waals surface area contributed by atoms with E-state index >= 15 is 0 Å². The topological polar surface area (TPSA) is 79.4 Å². The van der Waals surface area contributed by atoms with E-state index in [1.807, 2.05) is 36.0 Å². The van der Waals surface area contributed by atoms with E-state index < -0.39 is 0 Å². The lowest BCUT2D eigenvalue weighted by Crippen LogP contribution is -2.44. The molecule has 1 aliphatic carbocycles. The second-order valence-corrected chi connectivity index (χ2v) is 8.84. The number of nitrogens with zero attached hydrogens (tertiary/aromatic N) is 3. The van der Waals surface area contributed by atoms with Gasteiger partial charge < -0.3 is 20.3 Å². The zero-order valence-corrected chi connectivity index (χ0v) is 17.3. The second kappa shape index (κ2) is 7.84. The molecule has 3 aliphatic rings. The van der Waals surface area contributed by atoms with Gasteiger partial charge in [0.15, 0.2) is 5.82 Å². The van der Waals surface area contributed by atoms with Crippen LogP contribution in [0.1, 0.15) is 31.0 Å². The number of carbonyl (C=O) groups excluding carboxylic acids is 1. The molecule has 5 rings (SSSR count). The van der Waals surface area contributed by atoms with Gasteiger partial charge in [-0.1, -0.05) is 0 Å². The van der Waals surface area contributed by atoms with Crippen LogP contribution in [0.3, 0.4) is 0 Å². The summed E-state index contributed by atoms with van der Waals surface area (Å²) in [6.45, 7) is 4.50. The average molecular weight is 412 g/mol. The van der Waals surface area contributed by atoms with Crippen LogP contribution in [0.5, 0.6) is 0 Å². The Kier molecular flexibility index (Phi) is 5.05. The molecule has 2 N–H and O–H groups in total. The number of rotatable bonds is 4. The van der Waals surface area contributed by atoms with Crippen LogP contribution >= 0.6 is 11.8 Å². The van der Waals surface area contributed by atoms with E-state index in [2.05, 4.69) is 22.5 Å². The third kappa shape index (κ3) is 4.04. The molecular weight excluding hydrogens is 386 g/mol. The Morgan fingerprint density at radius 2 is 2.03 bits per heavy atom. The smallest absolute Gasteiger partial charge is 0.319 e. The molecule has 152 valence electrons. The summed E-state index contributed by atoms with van der Waals surface area (Å²) in [6.07, 6.45) is 2.15. The molecule has 29 heavy (non-hydrogen) atoms. The Morgan fingerprint density at radius 1 is 1.21 bits per heavy atom. The van der Waals surface area contributed by atoms with E-state index in [0.717, 1.165) is 72.7 Å². The van der Waals surface area contributed by atoms with Crippen molar-refractivity contribution in [3.05, 3.63) is 35.5 Å². The number of nitrogens with one attached hydrogen (secondary N) is 2. The van der Waals surface area contributed by atoms with Crippen molar-refractivity contribution in [2.45, 2.75) is 43.4 Å². The van der Waals surface area contributed by atoms with E-state index in [-0.39, 0.29) is 6.03 Å². The molecule has 2 amide bonds. The van der Waals surface area contributed by atoms with Crippen LogP contribution in [-0.4, -0.2) is 47.8 Å². The van der Waals surface area contributed by atoms with Crippen LogP contribution in [0, 0.1) is 0 Å². The number of aromatic nitrogens is 2. The molecule has 2 aromatic rings. The number of urea groups is 1. The third-order valence-corrected chi connectivity index (χ3v) is 6.48. The Bertz CT molecular complexity index is 916. The molecule has 0 radical (unpaired) electrons. The first-order valence-electron chi connectivity index (χ1n) is 10.2. The molecule has 0 bridgehead atoms. The van der Waals surface area contributed by atoms with Crippen LogP contribution < -0.4 is 15.5 Å². The monoisotopic (exact) mass is 411 g/mol. The average Bonchev–Trinajstić information content (AvgIpc) is 3.40. The van der Waals surface area contributed by atoms with Crippen LogP contribution in [0.2, 0.25) is 0 Å². The van der Waals surface area contributed by atoms with Crippen LogP contribution in [0.25, 0.3) is 11.4 Å². The Balaban J connectivity index is 1.40. The number of anilines is 2. The number of morpholine rings is 1. The number of benzene rings is 1. The summed E-state index contributed by atoms with van der Waals surface area (Å²) in [5.41, 5.74) is 4.13. The largest absolute Gasteiger partial charge is 0.377 e. The number of hydrogen-bond acceptors (Lipinski definition) is 6. The first-order chi connectivity index (χ1) is 14.2. The number of amides is 2. The van der Waals surface area contributed by atoms with E-state index in [0.29, 0.717) is 12.1 Å². The number of carbonyl (C=O) groups is 1. The van der Waals surface area contributed by atoms with Gasteiger partial charge in [0.25, 0.3) is 0 Å². The summed E-state index contributed by atoms with van der Waals surface area (Å²) in [5.74, 6) is 3.69. The maximum Gasteiger partial charge on any atom is 0.319 e. The van der Waals surface area contributed by atoms with E-state index in [4.69, 9.17) is 14.7 Å². The second-order valence-electron chi connectivity index (χ2n) is 7.86. The van der Waals surface area contributed by atoms with Gasteiger partial charge in [0.05, 0.1) is 24.9 Å². The molecule has 0 spiro atoms. The fraction of sp³-hybridized carbons (Fsp3) is 0.476. The quantitative estimate of drug-likeness (QED) is 0.803. The summed E-state index contributed by atoms with van der Waals surface area (Å²) in [4.78, 5) is 24.1. The highest BCUT2D eigenvalue weighted by Gasteiger charge is 2.28. The first kappa shape index (κ1) is 18.7. The van der Waals surface area contributed by atoms with Gasteiger partial charge in [-0.15, -0.1) is 0 Å². The highest BCUT2D eigenvalue weighted by atomic mass is 32.2. The fourth-order valence-corrected chi connectivity index (χ4v) is 4.76. The molecule has 8 heteroatoms. The van der Waals surface area contributed by atoms with Crippen LogP contribution in [-0.2, 0) is 16.2 Å². The van der Waals surface area contributed by atoms with Crippen LogP contribution in [0.4, 0.5) is 16.3 Å². The molecule has 3 heterocycles. The summed E-state index contributed by atoms with van der Waals surface area (Å²) < 4.78 is 5.61. The van der Waals surface area contributed by atoms with Gasteiger partial charge >= 0.3 is 6.03 Å². The van der Waals surface area contributed by atoms with Crippen molar-refractivity contribution in [1.82, 2.24) is 15.3 Å². The molecule has 2 fully saturated rings.